The Kier molecular flexibility index (Phi) is 4.06. The van der Waals surface area contributed by atoms with E-state index in [9.17, 15) is 4.79 Å². The number of benzene rings is 1. The summed E-state index contributed by atoms with van der Waals surface area (Å²) < 4.78 is 5.22. The van der Waals surface area contributed by atoms with Gasteiger partial charge in [-0.05, 0) is 30.5 Å². The molecule has 19 heavy (non-hydrogen) atoms. The number of likely N-dealkylation sites (tertiary alicyclic amines) is 1. The zero-order valence-corrected chi connectivity index (χ0v) is 11.3. The van der Waals surface area contributed by atoms with Crippen molar-refractivity contribution < 1.29 is 9.53 Å². The van der Waals surface area contributed by atoms with Crippen LogP contribution in [0.15, 0.2) is 18.2 Å². The van der Waals surface area contributed by atoms with Gasteiger partial charge in [-0.1, -0.05) is 12.1 Å². The van der Waals surface area contributed by atoms with Crippen molar-refractivity contribution in [3.63, 3.8) is 0 Å². The van der Waals surface area contributed by atoms with Gasteiger partial charge >= 0.3 is 0 Å². The largest absolute Gasteiger partial charge is 0.496 e. The van der Waals surface area contributed by atoms with Crippen LogP contribution in [0.1, 0.15) is 24.0 Å². The van der Waals surface area contributed by atoms with Gasteiger partial charge in [0.05, 0.1) is 19.1 Å². The smallest absolute Gasteiger partial charge is 0.224 e. The van der Waals surface area contributed by atoms with E-state index in [1.54, 1.807) is 7.11 Å². The molecule has 1 aliphatic heterocycles. The summed E-state index contributed by atoms with van der Waals surface area (Å²) in [4.78, 5) is 13.8. The minimum absolute atomic E-state index is 0.0753. The number of amides is 1. The standard InChI is InChI=1S/C15H18N2O2/c1-11-7-13(3-4-14(11)19-2)10-17-6-5-12(9-16)8-15(17)18/h3-4,7,12H,5-6,8,10H2,1-2H3. The normalized spacial score (nSPS) is 19.1. The number of carbonyl (C=O) groups excluding carboxylic acids is 1. The Hall–Kier alpha value is -2.02. The number of piperidine rings is 1. The van der Waals surface area contributed by atoms with Gasteiger partial charge in [-0.2, -0.15) is 5.26 Å². The van der Waals surface area contributed by atoms with E-state index in [4.69, 9.17) is 10.00 Å². The van der Waals surface area contributed by atoms with E-state index in [1.807, 2.05) is 30.0 Å². The lowest BCUT2D eigenvalue weighted by atomic mass is 9.97. The van der Waals surface area contributed by atoms with Crippen molar-refractivity contribution in [2.45, 2.75) is 26.3 Å². The predicted octanol–water partition coefficient (Wildman–Crippen LogP) is 2.27. The molecule has 0 saturated carbocycles. The number of nitrogens with zero attached hydrogens (tertiary/aromatic N) is 2. The van der Waals surface area contributed by atoms with E-state index in [1.165, 1.54) is 0 Å². The SMILES string of the molecule is COc1ccc(CN2CCC(C#N)CC2=O)cc1C. The first-order valence-electron chi connectivity index (χ1n) is 6.45. The Bertz CT molecular complexity index is 519. The van der Waals surface area contributed by atoms with E-state index in [0.29, 0.717) is 19.5 Å². The number of hydrogen-bond acceptors (Lipinski definition) is 3. The molecule has 0 bridgehead atoms. The number of rotatable bonds is 3. The molecule has 100 valence electrons. The molecule has 0 aromatic heterocycles. The maximum Gasteiger partial charge on any atom is 0.224 e. The summed E-state index contributed by atoms with van der Waals surface area (Å²) in [7, 11) is 1.65. The predicted molar refractivity (Wildman–Crippen MR) is 71.5 cm³/mol. The fourth-order valence-electron chi connectivity index (χ4n) is 2.42. The monoisotopic (exact) mass is 258 g/mol. The highest BCUT2D eigenvalue weighted by atomic mass is 16.5. The van der Waals surface area contributed by atoms with Gasteiger partial charge in [-0.15, -0.1) is 0 Å². The van der Waals surface area contributed by atoms with E-state index >= 15 is 0 Å². The zero-order chi connectivity index (χ0) is 13.8. The number of hydrogen-bond donors (Lipinski definition) is 0. The molecule has 0 radical (unpaired) electrons. The molecule has 4 heteroatoms. The summed E-state index contributed by atoms with van der Waals surface area (Å²) in [6, 6.07) is 8.13. The number of carbonyl (C=O) groups is 1. The molecule has 0 spiro atoms. The molecule has 1 atom stereocenters. The number of aryl methyl sites for hydroxylation is 1. The number of nitriles is 1. The third kappa shape index (κ3) is 3.05. The minimum atomic E-state index is -0.110. The van der Waals surface area contributed by atoms with Gasteiger partial charge in [0.15, 0.2) is 0 Å². The van der Waals surface area contributed by atoms with Crippen LogP contribution in [0.5, 0.6) is 5.75 Å². The molecule has 1 heterocycles. The Labute approximate surface area is 113 Å². The topological polar surface area (TPSA) is 53.3 Å². The van der Waals surface area contributed by atoms with Crippen molar-refractivity contribution in [1.29, 1.82) is 5.26 Å². The van der Waals surface area contributed by atoms with Crippen molar-refractivity contribution in [2.24, 2.45) is 5.92 Å². The van der Waals surface area contributed by atoms with Gasteiger partial charge in [-0.3, -0.25) is 4.79 Å². The van der Waals surface area contributed by atoms with Crippen molar-refractivity contribution in [3.05, 3.63) is 29.3 Å². The summed E-state index contributed by atoms with van der Waals surface area (Å²) in [5.41, 5.74) is 2.17. The van der Waals surface area contributed by atoms with E-state index in [2.05, 4.69) is 6.07 Å². The lowest BCUT2D eigenvalue weighted by Crippen LogP contribution is -2.37. The second-order valence-electron chi connectivity index (χ2n) is 4.94. The van der Waals surface area contributed by atoms with Crippen LogP contribution in [0.2, 0.25) is 0 Å². The molecule has 1 aromatic carbocycles. The second-order valence-corrected chi connectivity index (χ2v) is 4.94. The van der Waals surface area contributed by atoms with Crippen LogP contribution in [-0.4, -0.2) is 24.5 Å². The first-order chi connectivity index (χ1) is 9.13. The number of ether oxygens (including phenoxy) is 1. The van der Waals surface area contributed by atoms with Crippen LogP contribution in [0.3, 0.4) is 0 Å². The lowest BCUT2D eigenvalue weighted by Gasteiger charge is -2.29. The molecule has 1 aliphatic rings. The number of methoxy groups -OCH3 is 1. The Balaban J connectivity index is 2.04. The maximum atomic E-state index is 11.9. The third-order valence-electron chi connectivity index (χ3n) is 3.54. The van der Waals surface area contributed by atoms with E-state index in [0.717, 1.165) is 23.3 Å². The summed E-state index contributed by atoms with van der Waals surface area (Å²) >= 11 is 0. The Morgan fingerprint density at radius 3 is 2.89 bits per heavy atom. The van der Waals surface area contributed by atoms with E-state index < -0.39 is 0 Å². The molecule has 1 unspecified atom stereocenters. The molecule has 1 amide bonds. The molecule has 0 aliphatic carbocycles. The van der Waals surface area contributed by atoms with E-state index in [-0.39, 0.29) is 11.8 Å². The third-order valence-corrected chi connectivity index (χ3v) is 3.54. The molecule has 1 aromatic rings. The Morgan fingerprint density at radius 1 is 1.53 bits per heavy atom. The summed E-state index contributed by atoms with van der Waals surface area (Å²) in [6.07, 6.45) is 1.13. The highest BCUT2D eigenvalue weighted by molar-refractivity contribution is 5.77. The highest BCUT2D eigenvalue weighted by Crippen LogP contribution is 2.22. The van der Waals surface area contributed by atoms with Gasteiger partial charge < -0.3 is 9.64 Å². The molecule has 2 rings (SSSR count). The van der Waals surface area contributed by atoms with Crippen molar-refractivity contribution in [1.82, 2.24) is 4.90 Å². The molecular weight excluding hydrogens is 240 g/mol. The average Bonchev–Trinajstić information content (AvgIpc) is 2.41. The van der Waals surface area contributed by atoms with Gasteiger partial charge in [-0.25, -0.2) is 0 Å². The van der Waals surface area contributed by atoms with Crippen molar-refractivity contribution in [2.75, 3.05) is 13.7 Å². The van der Waals surface area contributed by atoms with Crippen molar-refractivity contribution >= 4 is 5.91 Å². The van der Waals surface area contributed by atoms with Gasteiger partial charge in [0.1, 0.15) is 5.75 Å². The van der Waals surface area contributed by atoms with Crippen molar-refractivity contribution in [3.8, 4) is 11.8 Å². The van der Waals surface area contributed by atoms with Crippen LogP contribution in [0.25, 0.3) is 0 Å². The van der Waals surface area contributed by atoms with Crippen LogP contribution in [0.4, 0.5) is 0 Å². The average molecular weight is 258 g/mol. The summed E-state index contributed by atoms with van der Waals surface area (Å²) in [5.74, 6) is 0.825. The zero-order valence-electron chi connectivity index (χ0n) is 11.3. The molecule has 4 nitrogen and oxygen atoms in total. The highest BCUT2D eigenvalue weighted by Gasteiger charge is 2.25. The maximum absolute atomic E-state index is 11.9. The van der Waals surface area contributed by atoms with Crippen LogP contribution >= 0.6 is 0 Å². The fraction of sp³-hybridized carbons (Fsp3) is 0.467. The first kappa shape index (κ1) is 13.4. The molecule has 0 N–H and O–H groups in total. The lowest BCUT2D eigenvalue weighted by molar-refractivity contribution is -0.134. The van der Waals surface area contributed by atoms with Crippen LogP contribution in [0, 0.1) is 24.2 Å². The minimum Gasteiger partial charge on any atom is -0.496 e. The quantitative estimate of drug-likeness (QED) is 0.835. The van der Waals surface area contributed by atoms with Gasteiger partial charge in [0, 0.05) is 19.5 Å². The van der Waals surface area contributed by atoms with Gasteiger partial charge in [0.25, 0.3) is 0 Å². The Morgan fingerprint density at radius 2 is 2.32 bits per heavy atom. The van der Waals surface area contributed by atoms with Crippen LogP contribution < -0.4 is 4.74 Å². The van der Waals surface area contributed by atoms with Crippen LogP contribution in [-0.2, 0) is 11.3 Å². The second kappa shape index (κ2) is 5.75. The summed E-state index contributed by atoms with van der Waals surface area (Å²) in [5, 5.41) is 8.84. The fourth-order valence-corrected chi connectivity index (χ4v) is 2.42. The molecule has 1 fully saturated rings. The van der Waals surface area contributed by atoms with Gasteiger partial charge in [0.2, 0.25) is 5.91 Å². The summed E-state index contributed by atoms with van der Waals surface area (Å²) in [6.45, 7) is 3.27. The first-order valence-corrected chi connectivity index (χ1v) is 6.45. The molecular formula is C15H18N2O2. The molecule has 1 saturated heterocycles.